The molecule has 5 nitrogen and oxygen atoms in total. The Balaban J connectivity index is 1.95. The highest BCUT2D eigenvalue weighted by atomic mass is 16.2. The fourth-order valence-electron chi connectivity index (χ4n) is 3.37. The largest absolute Gasteiger partial charge is 0.331 e. The number of hydrogen-bond donors (Lipinski definition) is 0. The van der Waals surface area contributed by atoms with E-state index in [0.717, 1.165) is 43.7 Å². The zero-order valence-electron chi connectivity index (χ0n) is 13.6. The van der Waals surface area contributed by atoms with Gasteiger partial charge in [0.1, 0.15) is 5.82 Å². The number of imidazole rings is 1. The zero-order chi connectivity index (χ0) is 15.7. The van der Waals surface area contributed by atoms with E-state index in [-0.39, 0.29) is 6.03 Å². The number of fused-ring (bicyclic) bond motifs is 1. The van der Waals surface area contributed by atoms with E-state index in [1.807, 2.05) is 25.1 Å². The fourth-order valence-corrected chi connectivity index (χ4v) is 3.37. The Morgan fingerprint density at radius 2 is 2.14 bits per heavy atom. The van der Waals surface area contributed by atoms with E-state index in [4.69, 9.17) is 4.98 Å². The van der Waals surface area contributed by atoms with Crippen LogP contribution in [-0.4, -0.2) is 52.6 Å². The van der Waals surface area contributed by atoms with Gasteiger partial charge in [-0.1, -0.05) is 19.1 Å². The lowest BCUT2D eigenvalue weighted by atomic mass is 10.1. The van der Waals surface area contributed by atoms with Crippen molar-refractivity contribution in [2.75, 3.05) is 27.2 Å². The molecule has 2 aromatic rings. The minimum atomic E-state index is 0.104. The highest BCUT2D eigenvalue weighted by molar-refractivity contribution is 5.76. The molecule has 22 heavy (non-hydrogen) atoms. The molecule has 2 amide bonds. The maximum absolute atomic E-state index is 12.3. The van der Waals surface area contributed by atoms with Crippen LogP contribution >= 0.6 is 0 Å². The molecule has 3 rings (SSSR count). The average molecular weight is 300 g/mol. The molecule has 5 heteroatoms. The minimum absolute atomic E-state index is 0.104. The van der Waals surface area contributed by atoms with Crippen molar-refractivity contribution in [3.63, 3.8) is 0 Å². The van der Waals surface area contributed by atoms with Gasteiger partial charge in [0, 0.05) is 33.6 Å². The predicted molar refractivity (Wildman–Crippen MR) is 88.0 cm³/mol. The maximum Gasteiger partial charge on any atom is 0.319 e. The molecule has 1 aromatic heterocycles. The summed E-state index contributed by atoms with van der Waals surface area (Å²) in [5, 5.41) is 0. The van der Waals surface area contributed by atoms with Gasteiger partial charge in [-0.2, -0.15) is 0 Å². The van der Waals surface area contributed by atoms with Gasteiger partial charge in [0.2, 0.25) is 0 Å². The van der Waals surface area contributed by atoms with Gasteiger partial charge in [0.05, 0.1) is 17.1 Å². The third kappa shape index (κ3) is 2.56. The third-order valence-corrected chi connectivity index (χ3v) is 4.40. The molecule has 0 spiro atoms. The predicted octanol–water partition coefficient (Wildman–Crippen LogP) is 2.92. The summed E-state index contributed by atoms with van der Waals surface area (Å²) in [6, 6.07) is 8.71. The Hall–Kier alpha value is -2.04. The summed E-state index contributed by atoms with van der Waals surface area (Å²) in [7, 11) is 3.63. The van der Waals surface area contributed by atoms with Crippen molar-refractivity contribution in [3.8, 4) is 0 Å². The lowest BCUT2D eigenvalue weighted by molar-refractivity contribution is 0.144. The smallest absolute Gasteiger partial charge is 0.319 e. The number of amides is 2. The first-order chi connectivity index (χ1) is 10.6. The number of para-hydroxylation sites is 2. The van der Waals surface area contributed by atoms with Gasteiger partial charge in [0.25, 0.3) is 0 Å². The van der Waals surface area contributed by atoms with Crippen LogP contribution in [0.25, 0.3) is 11.0 Å². The first-order valence-electron chi connectivity index (χ1n) is 8.04. The average Bonchev–Trinajstić information content (AvgIpc) is 2.92. The lowest BCUT2D eigenvalue weighted by Gasteiger charge is -2.35. The Morgan fingerprint density at radius 1 is 1.36 bits per heavy atom. The second-order valence-corrected chi connectivity index (χ2v) is 6.16. The molecule has 0 radical (unpaired) electrons. The summed E-state index contributed by atoms with van der Waals surface area (Å²) in [6.45, 7) is 3.76. The van der Waals surface area contributed by atoms with Crippen LogP contribution in [0, 0.1) is 0 Å². The van der Waals surface area contributed by atoms with Crippen molar-refractivity contribution in [1.29, 1.82) is 0 Å². The van der Waals surface area contributed by atoms with E-state index in [1.165, 1.54) is 5.52 Å². The van der Waals surface area contributed by atoms with Crippen LogP contribution < -0.4 is 0 Å². The molecular formula is C17H24N4O. The Kier molecular flexibility index (Phi) is 4.05. The van der Waals surface area contributed by atoms with E-state index in [1.54, 1.807) is 4.90 Å². The van der Waals surface area contributed by atoms with E-state index in [9.17, 15) is 4.79 Å². The fraction of sp³-hybridized carbons (Fsp3) is 0.529. The quantitative estimate of drug-likeness (QED) is 0.855. The van der Waals surface area contributed by atoms with Crippen molar-refractivity contribution >= 4 is 17.1 Å². The number of nitrogens with zero attached hydrogens (tertiary/aromatic N) is 4. The molecule has 0 N–H and O–H groups in total. The lowest BCUT2D eigenvalue weighted by Crippen LogP contribution is -2.45. The number of urea groups is 1. The number of aromatic nitrogens is 2. The van der Waals surface area contributed by atoms with Gasteiger partial charge in [-0.25, -0.2) is 9.78 Å². The minimum Gasteiger partial charge on any atom is -0.331 e. The molecular weight excluding hydrogens is 276 g/mol. The number of hydrogen-bond acceptors (Lipinski definition) is 2. The Bertz CT molecular complexity index is 676. The third-order valence-electron chi connectivity index (χ3n) is 4.40. The number of carbonyl (C=O) groups excluding carboxylic acids is 1. The number of carbonyl (C=O) groups is 1. The van der Waals surface area contributed by atoms with Crippen molar-refractivity contribution < 1.29 is 4.79 Å². The van der Waals surface area contributed by atoms with Crippen LogP contribution in [-0.2, 0) is 6.42 Å². The molecule has 1 aliphatic rings. The summed E-state index contributed by atoms with van der Waals surface area (Å²) >= 11 is 0. The number of rotatable bonds is 2. The number of likely N-dealkylation sites (tertiary alicyclic amines) is 1. The van der Waals surface area contributed by atoms with Crippen LogP contribution in [0.4, 0.5) is 4.79 Å². The molecule has 1 aromatic carbocycles. The Labute approximate surface area is 131 Å². The Morgan fingerprint density at radius 3 is 2.86 bits per heavy atom. The monoisotopic (exact) mass is 300 g/mol. The van der Waals surface area contributed by atoms with Crippen LogP contribution in [0.15, 0.2) is 24.3 Å². The van der Waals surface area contributed by atoms with Gasteiger partial charge in [-0.3, -0.25) is 0 Å². The van der Waals surface area contributed by atoms with Crippen LogP contribution in [0.1, 0.15) is 31.6 Å². The van der Waals surface area contributed by atoms with Gasteiger partial charge < -0.3 is 14.4 Å². The molecule has 1 atom stereocenters. The van der Waals surface area contributed by atoms with Crippen LogP contribution in [0.2, 0.25) is 0 Å². The van der Waals surface area contributed by atoms with Gasteiger partial charge >= 0.3 is 6.03 Å². The summed E-state index contributed by atoms with van der Waals surface area (Å²) < 4.78 is 2.35. The molecule has 118 valence electrons. The second-order valence-electron chi connectivity index (χ2n) is 6.16. The summed E-state index contributed by atoms with van der Waals surface area (Å²) in [4.78, 5) is 20.6. The molecule has 0 aliphatic carbocycles. The van der Waals surface area contributed by atoms with Crippen molar-refractivity contribution in [3.05, 3.63) is 30.1 Å². The molecule has 1 aliphatic heterocycles. The van der Waals surface area contributed by atoms with Crippen molar-refractivity contribution in [1.82, 2.24) is 19.4 Å². The summed E-state index contributed by atoms with van der Waals surface area (Å²) in [6.07, 6.45) is 3.05. The topological polar surface area (TPSA) is 41.4 Å². The molecule has 2 heterocycles. The SMILES string of the molecule is CCc1nc2ccccc2n1C1CCCN(C(=O)N(C)C)C1. The van der Waals surface area contributed by atoms with Crippen molar-refractivity contribution in [2.45, 2.75) is 32.2 Å². The van der Waals surface area contributed by atoms with Crippen LogP contribution in [0.5, 0.6) is 0 Å². The first-order valence-corrected chi connectivity index (χ1v) is 8.04. The van der Waals surface area contributed by atoms with Crippen LogP contribution in [0.3, 0.4) is 0 Å². The second kappa shape index (κ2) is 5.99. The molecule has 0 saturated carbocycles. The van der Waals surface area contributed by atoms with E-state index < -0.39 is 0 Å². The van der Waals surface area contributed by atoms with Gasteiger partial charge in [0.15, 0.2) is 0 Å². The van der Waals surface area contributed by atoms with E-state index in [0.29, 0.717) is 6.04 Å². The van der Waals surface area contributed by atoms with Gasteiger partial charge in [-0.15, -0.1) is 0 Å². The molecule has 1 fully saturated rings. The van der Waals surface area contributed by atoms with E-state index in [2.05, 4.69) is 29.7 Å². The summed E-state index contributed by atoms with van der Waals surface area (Å²) in [5.74, 6) is 1.12. The molecule has 1 saturated heterocycles. The highest BCUT2D eigenvalue weighted by Crippen LogP contribution is 2.28. The molecule has 0 bridgehead atoms. The maximum atomic E-state index is 12.3. The normalized spacial score (nSPS) is 18.7. The van der Waals surface area contributed by atoms with Crippen molar-refractivity contribution in [2.24, 2.45) is 0 Å². The van der Waals surface area contributed by atoms with Gasteiger partial charge in [-0.05, 0) is 25.0 Å². The zero-order valence-corrected chi connectivity index (χ0v) is 13.6. The number of piperidine rings is 1. The summed E-state index contributed by atoms with van der Waals surface area (Å²) in [5.41, 5.74) is 2.24. The first kappa shape index (κ1) is 14.9. The van der Waals surface area contributed by atoms with E-state index >= 15 is 0 Å². The molecule has 1 unspecified atom stereocenters. The highest BCUT2D eigenvalue weighted by Gasteiger charge is 2.27. The standard InChI is InChI=1S/C17H24N4O/c1-4-16-18-14-9-5-6-10-15(14)21(16)13-8-7-11-20(12-13)17(22)19(2)3/h5-6,9-10,13H,4,7-8,11-12H2,1-3H3. The number of benzene rings is 1. The number of aryl methyl sites for hydroxylation is 1.